The molecule has 1 aliphatic rings. The zero-order valence-electron chi connectivity index (χ0n) is 4.07. The van der Waals surface area contributed by atoms with E-state index in [0.29, 0.717) is 0 Å². The SMILES string of the molecule is C1=C=CNC=1.[Be].[Be].[HH].[HH]. The molecule has 1 heterocycles. The van der Waals surface area contributed by atoms with E-state index in [1.54, 1.807) is 12.4 Å². The van der Waals surface area contributed by atoms with E-state index in [4.69, 9.17) is 0 Å². The smallest absolute Gasteiger partial charge is 0.0527 e. The normalized spacial score (nSPS) is 9.14. The number of hydrogen-bond acceptors (Lipinski definition) is 1. The minimum Gasteiger partial charge on any atom is -0.354 e. The Labute approximate surface area is 53.2 Å². The second kappa shape index (κ2) is 5.44. The summed E-state index contributed by atoms with van der Waals surface area (Å²) < 4.78 is 0. The van der Waals surface area contributed by atoms with E-state index in [2.05, 4.69) is 16.8 Å². The average molecular weight is 87.1 g/mol. The van der Waals surface area contributed by atoms with E-state index in [-0.39, 0.29) is 23.1 Å². The molecule has 0 saturated heterocycles. The zero-order valence-corrected chi connectivity index (χ0v) is 4.07. The molecule has 1 N–H and O–H groups in total. The van der Waals surface area contributed by atoms with Crippen LogP contribution in [0.15, 0.2) is 23.9 Å². The Hall–Kier alpha value is -0.562. The van der Waals surface area contributed by atoms with Crippen molar-refractivity contribution in [3.63, 3.8) is 0 Å². The Morgan fingerprint density at radius 2 is 1.57 bits per heavy atom. The van der Waals surface area contributed by atoms with Crippen LogP contribution in [0.3, 0.4) is 0 Å². The minimum atomic E-state index is 0. The van der Waals surface area contributed by atoms with Crippen LogP contribution in [-0.2, 0) is 0 Å². The first-order chi connectivity index (χ1) is 2.50. The van der Waals surface area contributed by atoms with Crippen LogP contribution in [0.5, 0.6) is 0 Å². The van der Waals surface area contributed by atoms with Crippen LogP contribution in [0.25, 0.3) is 0 Å². The monoisotopic (exact) mass is 87.1 g/mol. The van der Waals surface area contributed by atoms with E-state index < -0.39 is 0 Å². The molecule has 1 nitrogen and oxygen atoms in total. The van der Waals surface area contributed by atoms with E-state index in [9.17, 15) is 0 Å². The van der Waals surface area contributed by atoms with Crippen LogP contribution in [0.2, 0.25) is 0 Å². The summed E-state index contributed by atoms with van der Waals surface area (Å²) in [6.07, 6.45) is 3.39. The van der Waals surface area contributed by atoms with Crippen LogP contribution in [0.4, 0.5) is 0 Å². The second-order valence-corrected chi connectivity index (χ2v) is 0.744. The topological polar surface area (TPSA) is 12.0 Å². The summed E-state index contributed by atoms with van der Waals surface area (Å²) in [4.78, 5) is 0. The van der Waals surface area contributed by atoms with Crippen LogP contribution in [0, 0.1) is 0 Å². The van der Waals surface area contributed by atoms with Crippen LogP contribution in [-0.4, -0.2) is 20.2 Å². The van der Waals surface area contributed by atoms with E-state index in [0.717, 1.165) is 0 Å². The van der Waals surface area contributed by atoms with Crippen molar-refractivity contribution in [1.82, 2.24) is 5.32 Å². The maximum absolute atomic E-state index is 2.75. The molecule has 7 heavy (non-hydrogen) atoms. The molecule has 32 valence electrons. The molecule has 3 heteroatoms. The van der Waals surface area contributed by atoms with Crippen LogP contribution >= 0.6 is 0 Å². The van der Waals surface area contributed by atoms with Gasteiger partial charge in [0.2, 0.25) is 0 Å². The van der Waals surface area contributed by atoms with Gasteiger partial charge in [0, 0.05) is 23.1 Å². The second-order valence-electron chi connectivity index (χ2n) is 0.744. The molecule has 0 fully saturated rings. The first kappa shape index (κ1) is 9.67. The Bertz CT molecular complexity index is 111. The van der Waals surface area contributed by atoms with Gasteiger partial charge >= 0.3 is 0 Å². The molecule has 0 aliphatic carbocycles. The van der Waals surface area contributed by atoms with Crippen molar-refractivity contribution in [3.8, 4) is 0 Å². The largest absolute Gasteiger partial charge is 0.354 e. The van der Waals surface area contributed by atoms with Crippen molar-refractivity contribution in [2.75, 3.05) is 0 Å². The molecule has 1 rings (SSSR count). The molecule has 0 unspecified atom stereocenters. The van der Waals surface area contributed by atoms with Crippen molar-refractivity contribution in [3.05, 3.63) is 23.9 Å². The standard InChI is InChI=1S/C4H3N.2Be.2H2/c1-2-4-5-3-1;;;;/h3-5H;;;2*1H. The molecule has 1 aliphatic heterocycles. The van der Waals surface area contributed by atoms with Crippen molar-refractivity contribution in [1.29, 1.82) is 0 Å². The molecule has 0 aromatic carbocycles. The van der Waals surface area contributed by atoms with Gasteiger partial charge in [0.25, 0.3) is 0 Å². The summed E-state index contributed by atoms with van der Waals surface area (Å²) in [6.45, 7) is 0. The first-order valence-electron chi connectivity index (χ1n) is 1.40. The molecule has 0 spiro atoms. The van der Waals surface area contributed by atoms with Gasteiger partial charge in [-0.3, -0.25) is 0 Å². The van der Waals surface area contributed by atoms with Gasteiger partial charge in [-0.15, -0.1) is 0 Å². The summed E-state index contributed by atoms with van der Waals surface area (Å²) in [5.74, 6) is 0. The average Bonchev–Trinajstić information content (AvgIpc) is 1.76. The molecule has 0 saturated carbocycles. The fourth-order valence-electron chi connectivity index (χ4n) is 0.208. The Kier molecular flexibility index (Phi) is 7.51. The van der Waals surface area contributed by atoms with Gasteiger partial charge in [-0.1, -0.05) is 11.5 Å². The fraction of sp³-hybridized carbons (Fsp3) is 0. The third kappa shape index (κ3) is 3.26. The summed E-state index contributed by atoms with van der Waals surface area (Å²) in [7, 11) is 0. The minimum absolute atomic E-state index is 0. The first-order valence-corrected chi connectivity index (χ1v) is 1.40. The predicted molar refractivity (Wildman–Crippen MR) is 35.0 cm³/mol. The van der Waals surface area contributed by atoms with Crippen molar-refractivity contribution >= 4 is 20.2 Å². The Balaban J connectivity index is -0.0000000312. The van der Waals surface area contributed by atoms with E-state index >= 15 is 0 Å². The fourth-order valence-corrected chi connectivity index (χ4v) is 0.208. The number of rotatable bonds is 0. The van der Waals surface area contributed by atoms with Gasteiger partial charge in [0.05, 0.1) is 12.4 Å². The predicted octanol–water partition coefficient (Wildman–Crippen LogP) is 0.101. The van der Waals surface area contributed by atoms with Gasteiger partial charge in [0.15, 0.2) is 0 Å². The quantitative estimate of drug-likeness (QED) is 0.326. The maximum Gasteiger partial charge on any atom is 0.0527 e. The summed E-state index contributed by atoms with van der Waals surface area (Å²) in [6, 6.07) is 0. The van der Waals surface area contributed by atoms with Gasteiger partial charge in [-0.2, -0.15) is 0 Å². The van der Waals surface area contributed by atoms with E-state index in [1.807, 2.05) is 0 Å². The molecular formula is C4H7Be2N. The van der Waals surface area contributed by atoms with Gasteiger partial charge < -0.3 is 5.32 Å². The summed E-state index contributed by atoms with van der Waals surface area (Å²) in [5, 5.41) is 2.75. The Morgan fingerprint density at radius 3 is 1.71 bits per heavy atom. The van der Waals surface area contributed by atoms with Crippen LogP contribution in [0.1, 0.15) is 2.85 Å². The van der Waals surface area contributed by atoms with Crippen molar-refractivity contribution in [2.24, 2.45) is 0 Å². The molecule has 0 aromatic rings. The van der Waals surface area contributed by atoms with Gasteiger partial charge in [-0.05, 0) is 0 Å². The summed E-state index contributed by atoms with van der Waals surface area (Å²) >= 11 is 0. The van der Waals surface area contributed by atoms with Gasteiger partial charge in [0.1, 0.15) is 0 Å². The van der Waals surface area contributed by atoms with Crippen LogP contribution < -0.4 is 5.32 Å². The van der Waals surface area contributed by atoms with E-state index in [1.165, 1.54) is 0 Å². The van der Waals surface area contributed by atoms with Crippen molar-refractivity contribution in [2.45, 2.75) is 0 Å². The molecule has 0 aromatic heterocycles. The molecule has 0 atom stereocenters. The Morgan fingerprint density at radius 1 is 1.14 bits per heavy atom. The molecular weight excluding hydrogens is 80.1 g/mol. The summed E-state index contributed by atoms with van der Waals surface area (Å²) in [5.41, 5.74) is 5.36. The zero-order chi connectivity index (χ0) is 3.54. The van der Waals surface area contributed by atoms with Gasteiger partial charge in [-0.25, -0.2) is 0 Å². The maximum atomic E-state index is 2.75. The third-order valence-electron chi connectivity index (χ3n) is 0.394. The third-order valence-corrected chi connectivity index (χ3v) is 0.394. The molecule has 4 radical (unpaired) electrons. The van der Waals surface area contributed by atoms with Crippen molar-refractivity contribution < 1.29 is 2.85 Å². The number of hydrogen-bond donors (Lipinski definition) is 1. The molecule has 0 bridgehead atoms. The molecule has 0 amide bonds. The number of nitrogens with one attached hydrogen (secondary N) is 1.